The lowest BCUT2D eigenvalue weighted by molar-refractivity contribution is -0.118. The van der Waals surface area contributed by atoms with Gasteiger partial charge in [-0.3, -0.25) is 4.79 Å². The van der Waals surface area contributed by atoms with Gasteiger partial charge in [-0.15, -0.1) is 11.6 Å². The molecule has 0 saturated carbocycles. The van der Waals surface area contributed by atoms with Crippen LogP contribution in [0.15, 0.2) is 0 Å². The number of carbonyl (C=O) groups is 1. The molecule has 0 bridgehead atoms. The van der Waals surface area contributed by atoms with E-state index in [0.717, 1.165) is 4.31 Å². The van der Waals surface area contributed by atoms with E-state index in [2.05, 4.69) is 0 Å². The Labute approximate surface area is 102 Å². The highest BCUT2D eigenvalue weighted by atomic mass is 35.5. The van der Waals surface area contributed by atoms with E-state index in [1.54, 1.807) is 0 Å². The number of nitrogens with two attached hydrogens (primary N) is 1. The van der Waals surface area contributed by atoms with E-state index >= 15 is 0 Å². The molecular formula is C9H19ClN2O3S. The molecule has 0 aliphatic heterocycles. The van der Waals surface area contributed by atoms with Gasteiger partial charge in [0, 0.05) is 12.4 Å². The molecule has 16 heavy (non-hydrogen) atoms. The first-order chi connectivity index (χ1) is 7.29. The van der Waals surface area contributed by atoms with Gasteiger partial charge >= 0.3 is 0 Å². The minimum absolute atomic E-state index is 0.0451. The van der Waals surface area contributed by atoms with Crippen molar-refractivity contribution in [3.05, 3.63) is 0 Å². The third-order valence-electron chi connectivity index (χ3n) is 1.83. The van der Waals surface area contributed by atoms with Crippen molar-refractivity contribution in [2.24, 2.45) is 11.7 Å². The second-order valence-electron chi connectivity index (χ2n) is 4.01. The fourth-order valence-corrected chi connectivity index (χ4v) is 3.13. The first kappa shape index (κ1) is 15.7. The van der Waals surface area contributed by atoms with Crippen LogP contribution in [-0.2, 0) is 14.8 Å². The lowest BCUT2D eigenvalue weighted by Crippen LogP contribution is -2.41. The van der Waals surface area contributed by atoms with Crippen LogP contribution in [0.3, 0.4) is 0 Å². The summed E-state index contributed by atoms with van der Waals surface area (Å²) in [6.45, 7) is 3.80. The number of amides is 1. The molecule has 0 radical (unpaired) electrons. The lowest BCUT2D eigenvalue weighted by atomic mass is 10.2. The number of hydrogen-bond acceptors (Lipinski definition) is 3. The molecule has 0 spiro atoms. The molecule has 0 saturated heterocycles. The fourth-order valence-electron chi connectivity index (χ4n) is 1.22. The summed E-state index contributed by atoms with van der Waals surface area (Å²) in [5, 5.41) is 0. The summed E-state index contributed by atoms with van der Waals surface area (Å²) in [6, 6.07) is 0. The summed E-state index contributed by atoms with van der Waals surface area (Å²) in [5.41, 5.74) is 5.02. The van der Waals surface area contributed by atoms with Crippen molar-refractivity contribution in [2.45, 2.75) is 20.3 Å². The molecule has 7 heteroatoms. The molecule has 0 atom stereocenters. The lowest BCUT2D eigenvalue weighted by Gasteiger charge is -2.22. The molecule has 0 aliphatic carbocycles. The van der Waals surface area contributed by atoms with Crippen molar-refractivity contribution in [3.8, 4) is 0 Å². The van der Waals surface area contributed by atoms with Gasteiger partial charge in [-0.25, -0.2) is 8.42 Å². The maximum absolute atomic E-state index is 11.8. The van der Waals surface area contributed by atoms with E-state index in [9.17, 15) is 13.2 Å². The molecule has 2 N–H and O–H groups in total. The van der Waals surface area contributed by atoms with Gasteiger partial charge in [0.25, 0.3) is 0 Å². The SMILES string of the molecule is CC(C)CN(CC(N)=O)S(=O)(=O)CCCCl. The van der Waals surface area contributed by atoms with Gasteiger partial charge in [0.1, 0.15) is 0 Å². The highest BCUT2D eigenvalue weighted by Gasteiger charge is 2.23. The average molecular weight is 271 g/mol. The zero-order chi connectivity index (χ0) is 12.8. The summed E-state index contributed by atoms with van der Waals surface area (Å²) >= 11 is 5.45. The Balaban J connectivity index is 4.65. The topological polar surface area (TPSA) is 80.5 Å². The standard InChI is InChI=1S/C9H19ClN2O3S/c1-8(2)6-12(7-9(11)13)16(14,15)5-3-4-10/h8H,3-7H2,1-2H3,(H2,11,13). The average Bonchev–Trinajstić information content (AvgIpc) is 2.12. The van der Waals surface area contributed by atoms with Crippen molar-refractivity contribution in [2.75, 3.05) is 24.7 Å². The number of alkyl halides is 1. The van der Waals surface area contributed by atoms with E-state index < -0.39 is 15.9 Å². The van der Waals surface area contributed by atoms with Crippen LogP contribution in [0.25, 0.3) is 0 Å². The molecule has 0 aromatic rings. The van der Waals surface area contributed by atoms with Crippen molar-refractivity contribution in [1.82, 2.24) is 4.31 Å². The van der Waals surface area contributed by atoms with E-state index in [-0.39, 0.29) is 24.1 Å². The van der Waals surface area contributed by atoms with Gasteiger partial charge in [0.15, 0.2) is 0 Å². The van der Waals surface area contributed by atoms with Gasteiger partial charge in [-0.05, 0) is 12.3 Å². The van der Waals surface area contributed by atoms with Crippen molar-refractivity contribution in [1.29, 1.82) is 0 Å². The smallest absolute Gasteiger partial charge is 0.232 e. The van der Waals surface area contributed by atoms with E-state index in [4.69, 9.17) is 17.3 Å². The summed E-state index contributed by atoms with van der Waals surface area (Å²) in [4.78, 5) is 10.8. The fraction of sp³-hybridized carbons (Fsp3) is 0.889. The van der Waals surface area contributed by atoms with Crippen LogP contribution in [0.4, 0.5) is 0 Å². The normalized spacial score (nSPS) is 12.3. The predicted molar refractivity (Wildman–Crippen MR) is 64.7 cm³/mol. The Morgan fingerprint density at radius 3 is 2.38 bits per heavy atom. The number of sulfonamides is 1. The molecule has 5 nitrogen and oxygen atoms in total. The maximum atomic E-state index is 11.8. The quantitative estimate of drug-likeness (QED) is 0.648. The van der Waals surface area contributed by atoms with Crippen LogP contribution in [0.5, 0.6) is 0 Å². The zero-order valence-corrected chi connectivity index (χ0v) is 11.2. The first-order valence-corrected chi connectivity index (χ1v) is 7.26. The van der Waals surface area contributed by atoms with Gasteiger partial charge in [-0.2, -0.15) is 4.31 Å². The third kappa shape index (κ3) is 6.30. The summed E-state index contributed by atoms with van der Waals surface area (Å²) in [6.07, 6.45) is 0.372. The van der Waals surface area contributed by atoms with Crippen molar-refractivity contribution >= 4 is 27.5 Å². The number of hydrogen-bond donors (Lipinski definition) is 1. The largest absolute Gasteiger partial charge is 0.369 e. The second kappa shape index (κ2) is 7.09. The van der Waals surface area contributed by atoms with Crippen LogP contribution in [0.2, 0.25) is 0 Å². The Kier molecular flexibility index (Phi) is 6.94. The molecule has 0 aliphatic rings. The van der Waals surface area contributed by atoms with Gasteiger partial charge in [-0.1, -0.05) is 13.8 Å². The first-order valence-electron chi connectivity index (χ1n) is 5.11. The second-order valence-corrected chi connectivity index (χ2v) is 6.48. The zero-order valence-electron chi connectivity index (χ0n) is 9.65. The Morgan fingerprint density at radius 1 is 1.44 bits per heavy atom. The molecule has 0 rings (SSSR count). The van der Waals surface area contributed by atoms with E-state index in [0.29, 0.717) is 13.0 Å². The molecule has 0 aromatic heterocycles. The summed E-state index contributed by atoms with van der Waals surface area (Å²) in [7, 11) is -3.43. The Morgan fingerprint density at radius 2 is 2.00 bits per heavy atom. The minimum Gasteiger partial charge on any atom is -0.369 e. The van der Waals surface area contributed by atoms with E-state index in [1.165, 1.54) is 0 Å². The summed E-state index contributed by atoms with van der Waals surface area (Å²) in [5.74, 6) is -0.262. The molecule has 0 fully saturated rings. The maximum Gasteiger partial charge on any atom is 0.232 e. The minimum atomic E-state index is -3.43. The number of halogens is 1. The predicted octanol–water partition coefficient (Wildman–Crippen LogP) is 0.388. The highest BCUT2D eigenvalue weighted by molar-refractivity contribution is 7.89. The van der Waals surface area contributed by atoms with Crippen molar-refractivity contribution < 1.29 is 13.2 Å². The van der Waals surface area contributed by atoms with E-state index in [1.807, 2.05) is 13.8 Å². The monoisotopic (exact) mass is 270 g/mol. The molecule has 0 heterocycles. The number of primary amides is 1. The molecule has 96 valence electrons. The Hall–Kier alpha value is -0.330. The van der Waals surface area contributed by atoms with Crippen molar-refractivity contribution in [3.63, 3.8) is 0 Å². The van der Waals surface area contributed by atoms with Crippen LogP contribution in [-0.4, -0.2) is 43.4 Å². The molecule has 1 amide bonds. The molecule has 0 aromatic carbocycles. The Bertz CT molecular complexity index is 317. The van der Waals surface area contributed by atoms with Gasteiger partial charge in [0.05, 0.1) is 12.3 Å². The molecule has 0 unspecified atom stereocenters. The van der Waals surface area contributed by atoms with Gasteiger partial charge < -0.3 is 5.73 Å². The number of rotatable bonds is 8. The van der Waals surface area contributed by atoms with Gasteiger partial charge in [0.2, 0.25) is 15.9 Å². The number of carbonyl (C=O) groups excluding carboxylic acids is 1. The third-order valence-corrected chi connectivity index (χ3v) is 3.97. The highest BCUT2D eigenvalue weighted by Crippen LogP contribution is 2.07. The van der Waals surface area contributed by atoms with Crippen LogP contribution in [0, 0.1) is 5.92 Å². The summed E-state index contributed by atoms with van der Waals surface area (Å²) < 4.78 is 24.8. The van der Waals surface area contributed by atoms with Crippen LogP contribution >= 0.6 is 11.6 Å². The van der Waals surface area contributed by atoms with Crippen LogP contribution in [0.1, 0.15) is 20.3 Å². The molecular weight excluding hydrogens is 252 g/mol. The number of nitrogens with zero attached hydrogens (tertiary/aromatic N) is 1. The van der Waals surface area contributed by atoms with Crippen LogP contribution < -0.4 is 5.73 Å².